The molecule has 0 amide bonds. The topological polar surface area (TPSA) is 37.4 Å². The molecule has 0 atom stereocenters. The van der Waals surface area contributed by atoms with E-state index in [1.54, 1.807) is 6.07 Å². The molecular weight excluding hydrogens is 226 g/mol. The van der Waals surface area contributed by atoms with Crippen LogP contribution in [-0.2, 0) is 4.74 Å². The van der Waals surface area contributed by atoms with Gasteiger partial charge >= 0.3 is 0 Å². The van der Waals surface area contributed by atoms with Crippen LogP contribution in [0.5, 0.6) is 0 Å². The molecule has 0 radical (unpaired) electrons. The van der Waals surface area contributed by atoms with Crippen molar-refractivity contribution in [1.82, 2.24) is 9.88 Å². The van der Waals surface area contributed by atoms with Crippen LogP contribution in [0.4, 0.5) is 5.82 Å². The molecule has 0 spiro atoms. The molecule has 1 saturated heterocycles. The molecule has 4 nitrogen and oxygen atoms in total. The van der Waals surface area contributed by atoms with Crippen molar-refractivity contribution < 1.29 is 4.74 Å². The van der Waals surface area contributed by atoms with Gasteiger partial charge in [0.25, 0.3) is 0 Å². The number of rotatable bonds is 4. The van der Waals surface area contributed by atoms with Gasteiger partial charge in [-0.25, -0.2) is 4.98 Å². The molecule has 1 aliphatic heterocycles. The van der Waals surface area contributed by atoms with Crippen molar-refractivity contribution in [3.05, 3.63) is 23.4 Å². The largest absolute Gasteiger partial charge is 0.379 e. The summed E-state index contributed by atoms with van der Waals surface area (Å²) in [6.45, 7) is 5.62. The van der Waals surface area contributed by atoms with E-state index in [1.807, 2.05) is 12.1 Å². The highest BCUT2D eigenvalue weighted by molar-refractivity contribution is 6.29. The van der Waals surface area contributed by atoms with Crippen LogP contribution in [0, 0.1) is 0 Å². The van der Waals surface area contributed by atoms with E-state index in [2.05, 4.69) is 15.2 Å². The number of pyridine rings is 1. The smallest absolute Gasteiger partial charge is 0.131 e. The van der Waals surface area contributed by atoms with E-state index in [9.17, 15) is 0 Å². The van der Waals surface area contributed by atoms with Crippen molar-refractivity contribution in [3.8, 4) is 0 Å². The van der Waals surface area contributed by atoms with Gasteiger partial charge in [-0.1, -0.05) is 17.7 Å². The number of halogens is 1. The molecular formula is C11H16ClN3O. The lowest BCUT2D eigenvalue weighted by Crippen LogP contribution is -2.39. The Balaban J connectivity index is 1.71. The fourth-order valence-electron chi connectivity index (χ4n) is 1.67. The Bertz CT molecular complexity index is 329. The highest BCUT2D eigenvalue weighted by atomic mass is 35.5. The standard InChI is InChI=1S/C11H16ClN3O/c12-10-2-1-3-11(14-10)13-4-5-15-6-8-16-9-7-15/h1-3H,4-9H2,(H,13,14). The zero-order chi connectivity index (χ0) is 11.2. The molecule has 88 valence electrons. The third kappa shape index (κ3) is 3.63. The van der Waals surface area contributed by atoms with E-state index >= 15 is 0 Å². The van der Waals surface area contributed by atoms with E-state index in [1.165, 1.54) is 0 Å². The van der Waals surface area contributed by atoms with Crippen molar-refractivity contribution >= 4 is 17.4 Å². The van der Waals surface area contributed by atoms with E-state index in [0.29, 0.717) is 5.15 Å². The van der Waals surface area contributed by atoms with Gasteiger partial charge in [0, 0.05) is 26.2 Å². The van der Waals surface area contributed by atoms with Crippen LogP contribution in [-0.4, -0.2) is 49.3 Å². The van der Waals surface area contributed by atoms with Gasteiger partial charge < -0.3 is 10.1 Å². The number of hydrogen-bond donors (Lipinski definition) is 1. The van der Waals surface area contributed by atoms with Gasteiger partial charge in [-0.05, 0) is 12.1 Å². The summed E-state index contributed by atoms with van der Waals surface area (Å²) in [5.74, 6) is 0.834. The summed E-state index contributed by atoms with van der Waals surface area (Å²) in [5.41, 5.74) is 0. The normalized spacial score (nSPS) is 17.3. The molecule has 0 unspecified atom stereocenters. The Hall–Kier alpha value is -0.840. The maximum Gasteiger partial charge on any atom is 0.131 e. The van der Waals surface area contributed by atoms with E-state index in [-0.39, 0.29) is 0 Å². The molecule has 1 aliphatic rings. The highest BCUT2D eigenvalue weighted by Gasteiger charge is 2.09. The number of anilines is 1. The van der Waals surface area contributed by atoms with Crippen molar-refractivity contribution in [1.29, 1.82) is 0 Å². The number of aromatic nitrogens is 1. The molecule has 0 bridgehead atoms. The van der Waals surface area contributed by atoms with Crippen molar-refractivity contribution in [2.75, 3.05) is 44.7 Å². The predicted molar refractivity (Wildman–Crippen MR) is 65.0 cm³/mol. The van der Waals surface area contributed by atoms with Gasteiger partial charge in [0.15, 0.2) is 0 Å². The minimum absolute atomic E-state index is 0.524. The first-order chi connectivity index (χ1) is 7.84. The van der Waals surface area contributed by atoms with E-state index in [4.69, 9.17) is 16.3 Å². The monoisotopic (exact) mass is 241 g/mol. The van der Waals surface area contributed by atoms with Gasteiger partial charge in [0.05, 0.1) is 13.2 Å². The molecule has 2 rings (SSSR count). The lowest BCUT2D eigenvalue weighted by molar-refractivity contribution is 0.0398. The first-order valence-corrected chi connectivity index (χ1v) is 5.89. The number of nitrogens with one attached hydrogen (secondary N) is 1. The van der Waals surface area contributed by atoms with E-state index < -0.39 is 0 Å². The minimum atomic E-state index is 0.524. The second-order valence-electron chi connectivity index (χ2n) is 3.73. The molecule has 16 heavy (non-hydrogen) atoms. The van der Waals surface area contributed by atoms with Crippen molar-refractivity contribution in [2.24, 2.45) is 0 Å². The number of nitrogens with zero attached hydrogens (tertiary/aromatic N) is 2. The summed E-state index contributed by atoms with van der Waals surface area (Å²) in [7, 11) is 0. The van der Waals surface area contributed by atoms with Gasteiger partial charge in [0.1, 0.15) is 11.0 Å². The summed E-state index contributed by atoms with van der Waals surface area (Å²) in [6.07, 6.45) is 0. The molecule has 2 heterocycles. The van der Waals surface area contributed by atoms with E-state index in [0.717, 1.165) is 45.2 Å². The van der Waals surface area contributed by atoms with Crippen LogP contribution in [0.2, 0.25) is 5.15 Å². The predicted octanol–water partition coefficient (Wildman–Crippen LogP) is 1.48. The lowest BCUT2D eigenvalue weighted by Gasteiger charge is -2.26. The Kier molecular flexibility index (Phi) is 4.39. The second-order valence-corrected chi connectivity index (χ2v) is 4.11. The molecule has 1 aromatic heterocycles. The number of hydrogen-bond acceptors (Lipinski definition) is 4. The van der Waals surface area contributed by atoms with Gasteiger partial charge in [-0.3, -0.25) is 4.90 Å². The number of ether oxygens (including phenoxy) is 1. The van der Waals surface area contributed by atoms with Gasteiger partial charge in [0.2, 0.25) is 0 Å². The second kappa shape index (κ2) is 6.03. The summed E-state index contributed by atoms with van der Waals surface area (Å²) < 4.78 is 5.29. The van der Waals surface area contributed by atoms with Crippen LogP contribution >= 0.6 is 11.6 Å². The van der Waals surface area contributed by atoms with Gasteiger partial charge in [-0.2, -0.15) is 0 Å². The van der Waals surface area contributed by atoms with Crippen molar-refractivity contribution in [2.45, 2.75) is 0 Å². The Labute approximate surface area is 101 Å². The summed E-state index contributed by atoms with van der Waals surface area (Å²) in [5, 5.41) is 3.78. The molecule has 5 heteroatoms. The molecule has 0 saturated carbocycles. The average molecular weight is 242 g/mol. The molecule has 0 aromatic carbocycles. The fourth-order valence-corrected chi connectivity index (χ4v) is 1.84. The first-order valence-electron chi connectivity index (χ1n) is 5.51. The fraction of sp³-hybridized carbons (Fsp3) is 0.545. The highest BCUT2D eigenvalue weighted by Crippen LogP contribution is 2.08. The molecule has 1 aromatic rings. The maximum absolute atomic E-state index is 5.79. The van der Waals surface area contributed by atoms with Crippen LogP contribution < -0.4 is 5.32 Å². The number of morpholine rings is 1. The Morgan fingerprint density at radius 2 is 2.19 bits per heavy atom. The first kappa shape index (κ1) is 11.6. The third-order valence-electron chi connectivity index (χ3n) is 2.55. The third-order valence-corrected chi connectivity index (χ3v) is 2.76. The molecule has 1 N–H and O–H groups in total. The zero-order valence-corrected chi connectivity index (χ0v) is 9.91. The quantitative estimate of drug-likeness (QED) is 0.811. The zero-order valence-electron chi connectivity index (χ0n) is 9.16. The van der Waals surface area contributed by atoms with Gasteiger partial charge in [-0.15, -0.1) is 0 Å². The van der Waals surface area contributed by atoms with Crippen LogP contribution in [0.15, 0.2) is 18.2 Å². The minimum Gasteiger partial charge on any atom is -0.379 e. The molecule has 0 aliphatic carbocycles. The maximum atomic E-state index is 5.79. The summed E-state index contributed by atoms with van der Waals surface area (Å²) >= 11 is 5.79. The lowest BCUT2D eigenvalue weighted by atomic mass is 10.4. The summed E-state index contributed by atoms with van der Waals surface area (Å²) in [6, 6.07) is 5.59. The van der Waals surface area contributed by atoms with Crippen LogP contribution in [0.25, 0.3) is 0 Å². The SMILES string of the molecule is Clc1cccc(NCCN2CCOCC2)n1. The average Bonchev–Trinajstić information content (AvgIpc) is 2.30. The Morgan fingerprint density at radius 3 is 2.94 bits per heavy atom. The van der Waals surface area contributed by atoms with Crippen LogP contribution in [0.3, 0.4) is 0 Å². The summed E-state index contributed by atoms with van der Waals surface area (Å²) in [4.78, 5) is 6.54. The Morgan fingerprint density at radius 1 is 1.38 bits per heavy atom. The molecule has 1 fully saturated rings. The van der Waals surface area contributed by atoms with Crippen molar-refractivity contribution in [3.63, 3.8) is 0 Å². The van der Waals surface area contributed by atoms with Crippen LogP contribution in [0.1, 0.15) is 0 Å².